The van der Waals surface area contributed by atoms with E-state index in [2.05, 4.69) is 10.2 Å². The molecule has 1 heterocycles. The van der Waals surface area contributed by atoms with Crippen LogP contribution in [0.1, 0.15) is 35.6 Å². The molecule has 0 spiro atoms. The Morgan fingerprint density at radius 3 is 2.15 bits per heavy atom. The smallest absolute Gasteiger partial charge is 0.542 e. The number of hydrogen-bond donors (Lipinski definition) is 0. The largest absolute Gasteiger partial charge is 1.00 e. The van der Waals surface area contributed by atoms with E-state index in [9.17, 15) is 9.90 Å². The Morgan fingerprint density at radius 1 is 1.38 bits per heavy atom. The fourth-order valence-electron chi connectivity index (χ4n) is 0.609. The van der Waals surface area contributed by atoms with Crippen molar-refractivity contribution in [3.8, 4) is 0 Å². The first-order valence-corrected chi connectivity index (χ1v) is 4.28. The molecule has 0 bridgehead atoms. The average Bonchev–Trinajstić information content (AvgIpc) is 2.30. The van der Waals surface area contributed by atoms with Crippen molar-refractivity contribution in [2.45, 2.75) is 26.2 Å². The number of hydrogen-bond acceptors (Lipinski definition) is 5. The van der Waals surface area contributed by atoms with Crippen LogP contribution in [-0.2, 0) is 5.41 Å². The van der Waals surface area contributed by atoms with Crippen molar-refractivity contribution in [3.63, 3.8) is 0 Å². The van der Waals surface area contributed by atoms with Gasteiger partial charge in [-0.05, 0) is 0 Å². The molecule has 0 amide bonds. The minimum atomic E-state index is -1.26. The first-order chi connectivity index (χ1) is 5.41. The van der Waals surface area contributed by atoms with E-state index in [0.29, 0.717) is 5.01 Å². The zero-order valence-electron chi connectivity index (χ0n) is 8.12. The Balaban J connectivity index is 0.00000144. The molecule has 0 fully saturated rings. The van der Waals surface area contributed by atoms with Crippen LogP contribution in [0.3, 0.4) is 0 Å². The van der Waals surface area contributed by atoms with Gasteiger partial charge in [0.15, 0.2) is 5.01 Å². The standard InChI is InChI=1S/C7H10N2O2S.Na/c1-7(2,3)6-9-8-4(12-6)5(10)11;/h1-3H3,(H,10,11);/q;+1/p-1. The number of carboxylic acid groups (broad SMARTS) is 1. The molecule has 0 aliphatic rings. The molecule has 1 aromatic heterocycles. The molecule has 0 aliphatic carbocycles. The summed E-state index contributed by atoms with van der Waals surface area (Å²) < 4.78 is 0. The van der Waals surface area contributed by atoms with Crippen molar-refractivity contribution in [2.75, 3.05) is 0 Å². The molecule has 0 atom stereocenters. The van der Waals surface area contributed by atoms with Gasteiger partial charge < -0.3 is 9.90 Å². The number of rotatable bonds is 1. The summed E-state index contributed by atoms with van der Waals surface area (Å²) >= 11 is 1.06. The van der Waals surface area contributed by atoms with Crippen LogP contribution in [0.4, 0.5) is 0 Å². The van der Waals surface area contributed by atoms with Gasteiger partial charge in [-0.1, -0.05) is 32.1 Å². The SMILES string of the molecule is CC(C)(C)c1nnc(C(=O)[O-])s1.[Na+]. The third-order valence-corrected chi connectivity index (χ3v) is 2.57. The predicted molar refractivity (Wildman–Crippen MR) is 42.9 cm³/mol. The van der Waals surface area contributed by atoms with Crippen LogP contribution in [0, 0.1) is 0 Å². The number of carbonyl (C=O) groups is 1. The van der Waals surface area contributed by atoms with E-state index >= 15 is 0 Å². The predicted octanol–water partition coefficient (Wildman–Crippen LogP) is -2.80. The summed E-state index contributed by atoms with van der Waals surface area (Å²) in [4.78, 5) is 10.3. The van der Waals surface area contributed by atoms with Crippen molar-refractivity contribution in [2.24, 2.45) is 0 Å². The molecule has 0 aromatic carbocycles. The summed E-state index contributed by atoms with van der Waals surface area (Å²) in [6, 6.07) is 0. The van der Waals surface area contributed by atoms with Gasteiger partial charge in [0.05, 0.1) is 0 Å². The van der Waals surface area contributed by atoms with E-state index in [1.54, 1.807) is 0 Å². The van der Waals surface area contributed by atoms with Crippen molar-refractivity contribution in [1.29, 1.82) is 0 Å². The second-order valence-corrected chi connectivity index (χ2v) is 4.43. The number of carbonyl (C=O) groups excluding carboxylic acids is 1. The minimum Gasteiger partial charge on any atom is -0.542 e. The zero-order chi connectivity index (χ0) is 9.35. The number of carboxylic acids is 1. The first-order valence-electron chi connectivity index (χ1n) is 3.46. The Labute approximate surface area is 103 Å². The summed E-state index contributed by atoms with van der Waals surface area (Å²) in [5, 5.41) is 18.2. The second-order valence-electron chi connectivity index (χ2n) is 3.45. The maximum atomic E-state index is 10.3. The monoisotopic (exact) mass is 208 g/mol. The molecule has 6 heteroatoms. The Bertz CT molecular complexity index is 306. The van der Waals surface area contributed by atoms with E-state index in [1.165, 1.54) is 0 Å². The molecule has 0 N–H and O–H groups in total. The molecule has 0 radical (unpaired) electrons. The minimum absolute atomic E-state index is 0. The summed E-state index contributed by atoms with van der Waals surface area (Å²) in [7, 11) is 0. The summed E-state index contributed by atoms with van der Waals surface area (Å²) in [6.45, 7) is 5.85. The van der Waals surface area contributed by atoms with Crippen LogP contribution in [0.5, 0.6) is 0 Å². The van der Waals surface area contributed by atoms with Gasteiger partial charge in [-0.3, -0.25) is 0 Å². The van der Waals surface area contributed by atoms with Crippen LogP contribution >= 0.6 is 11.3 Å². The maximum absolute atomic E-state index is 10.3. The van der Waals surface area contributed by atoms with Crippen molar-refractivity contribution < 1.29 is 39.5 Å². The number of nitrogens with zero attached hydrogens (tertiary/aromatic N) is 2. The van der Waals surface area contributed by atoms with Gasteiger partial charge in [-0.15, -0.1) is 10.2 Å². The van der Waals surface area contributed by atoms with E-state index in [1.807, 2.05) is 20.8 Å². The molecule has 66 valence electrons. The van der Waals surface area contributed by atoms with Crippen LogP contribution < -0.4 is 34.7 Å². The van der Waals surface area contributed by atoms with Gasteiger partial charge in [-0.2, -0.15) is 0 Å². The third kappa shape index (κ3) is 3.34. The van der Waals surface area contributed by atoms with Crippen LogP contribution in [0.25, 0.3) is 0 Å². The molecular formula is C7H9N2NaO2S. The summed E-state index contributed by atoms with van der Waals surface area (Å²) in [6.07, 6.45) is 0. The molecule has 0 aliphatic heterocycles. The molecule has 4 nitrogen and oxygen atoms in total. The molecule has 1 aromatic rings. The van der Waals surface area contributed by atoms with Gasteiger partial charge in [-0.25, -0.2) is 0 Å². The topological polar surface area (TPSA) is 65.9 Å². The van der Waals surface area contributed by atoms with Gasteiger partial charge in [0.2, 0.25) is 0 Å². The van der Waals surface area contributed by atoms with Crippen molar-refractivity contribution in [3.05, 3.63) is 10.0 Å². The van der Waals surface area contributed by atoms with Gasteiger partial charge >= 0.3 is 29.6 Å². The molecular weight excluding hydrogens is 199 g/mol. The third-order valence-electron chi connectivity index (χ3n) is 1.24. The average molecular weight is 208 g/mol. The van der Waals surface area contributed by atoms with E-state index in [-0.39, 0.29) is 40.0 Å². The summed E-state index contributed by atoms with van der Waals surface area (Å²) in [5.74, 6) is -1.26. The molecule has 1 rings (SSSR count). The fraction of sp³-hybridized carbons (Fsp3) is 0.571. The maximum Gasteiger partial charge on any atom is 1.00 e. The van der Waals surface area contributed by atoms with Crippen LogP contribution in [0.2, 0.25) is 0 Å². The van der Waals surface area contributed by atoms with Gasteiger partial charge in [0, 0.05) is 5.41 Å². The Hall–Kier alpha value is 0.0300. The quantitative estimate of drug-likeness (QED) is 0.468. The van der Waals surface area contributed by atoms with E-state index < -0.39 is 5.97 Å². The Morgan fingerprint density at radius 2 is 1.92 bits per heavy atom. The van der Waals surface area contributed by atoms with Crippen LogP contribution in [-0.4, -0.2) is 16.2 Å². The molecule has 0 saturated heterocycles. The fourth-order valence-corrected chi connectivity index (χ4v) is 1.34. The van der Waals surface area contributed by atoms with Crippen molar-refractivity contribution >= 4 is 17.3 Å². The molecule has 13 heavy (non-hydrogen) atoms. The summed E-state index contributed by atoms with van der Waals surface area (Å²) in [5.41, 5.74) is -0.147. The number of aromatic nitrogens is 2. The Kier molecular flexibility index (Phi) is 4.51. The normalized spacial score (nSPS) is 10.7. The van der Waals surface area contributed by atoms with Crippen LogP contribution in [0.15, 0.2) is 0 Å². The second kappa shape index (κ2) is 4.50. The van der Waals surface area contributed by atoms with Gasteiger partial charge in [0.25, 0.3) is 0 Å². The van der Waals surface area contributed by atoms with Crippen molar-refractivity contribution in [1.82, 2.24) is 10.2 Å². The molecule has 0 unspecified atom stereocenters. The zero-order valence-corrected chi connectivity index (χ0v) is 10.9. The molecule has 0 saturated carbocycles. The number of aromatic carboxylic acids is 1. The first kappa shape index (κ1) is 13.0. The van der Waals surface area contributed by atoms with Gasteiger partial charge in [0.1, 0.15) is 11.0 Å². The van der Waals surface area contributed by atoms with E-state index in [0.717, 1.165) is 11.3 Å². The van der Waals surface area contributed by atoms with E-state index in [4.69, 9.17) is 0 Å².